The molecule has 4 rings (SSSR count). The number of carbonyl (C=O) groups excluding carboxylic acids is 5. The molecule has 1 aromatic rings. The van der Waals surface area contributed by atoms with Crippen LogP contribution >= 0.6 is 0 Å². The third-order valence-corrected chi connectivity index (χ3v) is 12.6. The summed E-state index contributed by atoms with van der Waals surface area (Å²) in [6, 6.07) is 7.92. The molecule has 1 unspecified atom stereocenters. The van der Waals surface area contributed by atoms with Crippen LogP contribution in [0.25, 0.3) is 0 Å². The van der Waals surface area contributed by atoms with Crippen LogP contribution in [0.5, 0.6) is 0 Å². The highest BCUT2D eigenvalue weighted by molar-refractivity contribution is 5.86. The van der Waals surface area contributed by atoms with Crippen molar-refractivity contribution in [3.05, 3.63) is 35.9 Å². The van der Waals surface area contributed by atoms with Crippen LogP contribution in [0.4, 0.5) is 0 Å². The Hall–Kier alpha value is -4.19. The first kappa shape index (κ1) is 64.3. The van der Waals surface area contributed by atoms with E-state index in [-0.39, 0.29) is 84.2 Å². The molecule has 0 radical (unpaired) electrons. The second-order valence-electron chi connectivity index (χ2n) is 18.3. The molecule has 0 bridgehead atoms. The molecule has 1 aromatic carbocycles. The Morgan fingerprint density at radius 2 is 0.921 bits per heavy atom. The van der Waals surface area contributed by atoms with Crippen molar-refractivity contribution < 1.29 is 118 Å². The largest absolute Gasteiger partial charge is 0.461 e. The van der Waals surface area contributed by atoms with Crippen LogP contribution in [-0.4, -0.2) is 273 Å². The number of aliphatic hydroxyl groups excluding tert-OH is 12. The van der Waals surface area contributed by atoms with Gasteiger partial charge in [-0.2, -0.15) is 0 Å². The van der Waals surface area contributed by atoms with Crippen LogP contribution in [0.2, 0.25) is 0 Å². The minimum atomic E-state index is -1.73. The van der Waals surface area contributed by atoms with Crippen molar-refractivity contribution in [2.75, 3.05) is 78.9 Å². The first-order chi connectivity index (χ1) is 36.4. The fourth-order valence-corrected chi connectivity index (χ4v) is 8.19. The number of aliphatic hydroxyl groups is 12. The van der Waals surface area contributed by atoms with E-state index in [9.17, 15) is 85.3 Å². The monoisotopic (exact) mass is 1100 g/mol. The summed E-state index contributed by atoms with van der Waals surface area (Å²) in [4.78, 5) is 67.2. The summed E-state index contributed by atoms with van der Waals surface area (Å²) in [5.41, 5.74) is 0.845. The number of carbonyl (C=O) groups is 5. The maximum absolute atomic E-state index is 14.1. The van der Waals surface area contributed by atoms with E-state index in [1.807, 2.05) is 30.3 Å². The molecule has 29 heteroatoms. The Morgan fingerprint density at radius 3 is 1.37 bits per heavy atom. The molecule has 0 aromatic heterocycles. The van der Waals surface area contributed by atoms with Crippen molar-refractivity contribution in [2.45, 2.75) is 150 Å². The zero-order valence-corrected chi connectivity index (χ0v) is 42.0. The zero-order valence-electron chi connectivity index (χ0n) is 42.0. The molecule has 16 N–H and O–H groups in total. The summed E-state index contributed by atoms with van der Waals surface area (Å²) in [7, 11) is 0. The van der Waals surface area contributed by atoms with E-state index in [0.717, 1.165) is 5.56 Å². The van der Waals surface area contributed by atoms with Gasteiger partial charge in [0.2, 0.25) is 23.6 Å². The minimum Gasteiger partial charge on any atom is -0.461 e. The van der Waals surface area contributed by atoms with Crippen LogP contribution in [0.1, 0.15) is 50.5 Å². The predicted octanol–water partition coefficient (Wildman–Crippen LogP) is -7.95. The Bertz CT molecular complexity index is 1820. The van der Waals surface area contributed by atoms with E-state index in [2.05, 4.69) is 21.3 Å². The topological polar surface area (TPSA) is 444 Å². The molecule has 3 aliphatic heterocycles. The van der Waals surface area contributed by atoms with Crippen molar-refractivity contribution in [1.29, 1.82) is 0 Å². The van der Waals surface area contributed by atoms with Crippen LogP contribution in [-0.2, 0) is 63.7 Å². The quantitative estimate of drug-likeness (QED) is 0.0230. The molecule has 29 nitrogen and oxygen atoms in total. The third-order valence-electron chi connectivity index (χ3n) is 12.6. The summed E-state index contributed by atoms with van der Waals surface area (Å²) in [6.07, 6.45) is -21.9. The minimum absolute atomic E-state index is 0.0125. The van der Waals surface area contributed by atoms with Crippen molar-refractivity contribution in [1.82, 2.24) is 26.2 Å². The number of unbranched alkanes of at least 4 members (excludes halogenated alkanes) is 2. The SMILES string of the molecule is O=C(CCCCC(=O)OCc1ccccc1)NCCCCC(C(=O)NCCO[C@H]1O[C@H](CO)[C@@H](O)[C@H](O)[C@@H]1O)N(CC(=O)NCCO[C@H]1O[C@H](CO)[C@@H](O)[C@H](O)[C@@H]1O)CC(=O)NCCO[C@H]1O[C@H](CO)[C@@H](O)[C@H](O)[C@@H]1O. The molecule has 3 aliphatic rings. The van der Waals surface area contributed by atoms with Gasteiger partial charge in [0, 0.05) is 39.0 Å². The molecule has 3 saturated heterocycles. The molecule has 434 valence electrons. The molecule has 76 heavy (non-hydrogen) atoms. The number of hydrogen-bond acceptors (Lipinski definition) is 25. The van der Waals surface area contributed by atoms with Crippen molar-refractivity contribution in [2.24, 2.45) is 0 Å². The lowest BCUT2D eigenvalue weighted by Gasteiger charge is -2.39. The smallest absolute Gasteiger partial charge is 0.306 e. The second kappa shape index (κ2) is 34.0. The van der Waals surface area contributed by atoms with E-state index >= 15 is 0 Å². The van der Waals surface area contributed by atoms with Gasteiger partial charge in [0.25, 0.3) is 0 Å². The van der Waals surface area contributed by atoms with E-state index in [0.29, 0.717) is 19.3 Å². The van der Waals surface area contributed by atoms with E-state index in [4.69, 9.17) is 33.2 Å². The molecular formula is C47H77N5O24. The Morgan fingerprint density at radius 1 is 0.500 bits per heavy atom. The number of esters is 1. The highest BCUT2D eigenvalue weighted by Crippen LogP contribution is 2.24. The second-order valence-corrected chi connectivity index (χ2v) is 18.3. The lowest BCUT2D eigenvalue weighted by molar-refractivity contribution is -0.300. The van der Waals surface area contributed by atoms with Crippen LogP contribution in [0.3, 0.4) is 0 Å². The first-order valence-electron chi connectivity index (χ1n) is 25.2. The van der Waals surface area contributed by atoms with Crippen molar-refractivity contribution in [3.63, 3.8) is 0 Å². The van der Waals surface area contributed by atoms with Gasteiger partial charge < -0.3 is 116 Å². The van der Waals surface area contributed by atoms with Gasteiger partial charge in [0.15, 0.2) is 18.9 Å². The number of nitrogens with one attached hydrogen (secondary N) is 4. The molecule has 4 amide bonds. The van der Waals surface area contributed by atoms with Gasteiger partial charge >= 0.3 is 5.97 Å². The maximum Gasteiger partial charge on any atom is 0.306 e. The Balaban J connectivity index is 1.39. The van der Waals surface area contributed by atoms with Crippen LogP contribution in [0, 0.1) is 0 Å². The van der Waals surface area contributed by atoms with Crippen LogP contribution < -0.4 is 21.3 Å². The Labute approximate surface area is 437 Å². The molecule has 3 heterocycles. The normalized spacial score (nSPS) is 30.0. The summed E-state index contributed by atoms with van der Waals surface area (Å²) < 4.78 is 37.7. The number of benzene rings is 1. The summed E-state index contributed by atoms with van der Waals surface area (Å²) in [6.45, 7) is -4.77. The van der Waals surface area contributed by atoms with E-state index in [1.165, 1.54) is 4.90 Å². The van der Waals surface area contributed by atoms with Crippen molar-refractivity contribution >= 4 is 29.6 Å². The number of hydrogen-bond donors (Lipinski definition) is 16. The number of rotatable bonds is 33. The number of amides is 4. The van der Waals surface area contributed by atoms with Gasteiger partial charge in [0.05, 0.1) is 58.8 Å². The van der Waals surface area contributed by atoms with Gasteiger partial charge in [-0.1, -0.05) is 30.3 Å². The van der Waals surface area contributed by atoms with Crippen LogP contribution in [0.15, 0.2) is 30.3 Å². The summed E-state index contributed by atoms with van der Waals surface area (Å²) in [5, 5.41) is 131. The van der Waals surface area contributed by atoms with Gasteiger partial charge in [-0.05, 0) is 37.7 Å². The van der Waals surface area contributed by atoms with Gasteiger partial charge in [0.1, 0.15) is 79.9 Å². The maximum atomic E-state index is 14.1. The average molecular weight is 1100 g/mol. The molecular weight excluding hydrogens is 1020 g/mol. The van der Waals surface area contributed by atoms with Crippen molar-refractivity contribution in [3.8, 4) is 0 Å². The lowest BCUT2D eigenvalue weighted by atomic mass is 9.99. The molecule has 3 fully saturated rings. The van der Waals surface area contributed by atoms with E-state index < -0.39 is 155 Å². The highest BCUT2D eigenvalue weighted by Gasteiger charge is 2.46. The fourth-order valence-electron chi connectivity index (χ4n) is 8.19. The summed E-state index contributed by atoms with van der Waals surface area (Å²) in [5.74, 6) is -2.88. The first-order valence-corrected chi connectivity index (χ1v) is 25.2. The van der Waals surface area contributed by atoms with E-state index in [1.54, 1.807) is 0 Å². The zero-order chi connectivity index (χ0) is 55.7. The van der Waals surface area contributed by atoms with Gasteiger partial charge in [-0.15, -0.1) is 0 Å². The molecule has 16 atom stereocenters. The van der Waals surface area contributed by atoms with Gasteiger partial charge in [-0.25, -0.2) is 0 Å². The highest BCUT2D eigenvalue weighted by atomic mass is 16.7. The lowest BCUT2D eigenvalue weighted by Crippen LogP contribution is -2.59. The average Bonchev–Trinajstić information content (AvgIpc) is 3.41. The molecule has 0 spiro atoms. The number of nitrogens with zero attached hydrogens (tertiary/aromatic N) is 1. The molecule has 0 saturated carbocycles. The standard InChI is InChI=1S/C47H77N5O24/c53-22-28-35(60)38(63)41(66)45(74-28)70-17-14-49-32(57)20-52(21-33(58)50-15-18-71-46-42(67)39(64)36(61)29(23-54)75-46)27(44(69)51-16-19-72-47-43(68)40(65)37(62)30(24-55)76-47)10-6-7-13-48-31(56)11-4-5-12-34(59)73-25-26-8-2-1-3-9-26/h1-3,8-9,27-30,35-43,45-47,53-55,60-68H,4-7,10-25H2,(H,48,56)(H,49,57)(H,50,58)(H,51,69)/t27?,28-,29-,30-,35-,36-,37-,38+,39+,40+,41+,42+,43+,45+,46+,47+/m1/s1. The Kier molecular flexibility index (Phi) is 28.7. The predicted molar refractivity (Wildman–Crippen MR) is 255 cm³/mol. The fraction of sp³-hybridized carbons (Fsp3) is 0.766. The molecule has 0 aliphatic carbocycles. The van der Waals surface area contributed by atoms with Gasteiger partial charge in [-0.3, -0.25) is 28.9 Å². The third kappa shape index (κ3) is 20.6. The summed E-state index contributed by atoms with van der Waals surface area (Å²) >= 11 is 0. The number of ether oxygens (including phenoxy) is 7.